The van der Waals surface area contributed by atoms with Gasteiger partial charge in [0.15, 0.2) is 11.5 Å². The summed E-state index contributed by atoms with van der Waals surface area (Å²) in [5, 5.41) is 8.64. The number of nitrogens with zero attached hydrogens (tertiary/aromatic N) is 5. The van der Waals surface area contributed by atoms with Crippen LogP contribution in [0.3, 0.4) is 0 Å². The van der Waals surface area contributed by atoms with E-state index in [0.29, 0.717) is 39.1 Å². The highest BCUT2D eigenvalue weighted by molar-refractivity contribution is 5.79. The van der Waals surface area contributed by atoms with Crippen molar-refractivity contribution in [2.24, 2.45) is 5.92 Å². The molecule has 2 fully saturated rings. The number of esters is 1. The molecule has 0 N–H and O–H groups in total. The highest BCUT2D eigenvalue weighted by Gasteiger charge is 2.34. The molecule has 0 aliphatic carbocycles. The first kappa shape index (κ1) is 18.9. The molecule has 0 radical (unpaired) electrons. The Bertz CT molecular complexity index is 843. The molecule has 150 valence electrons. The average Bonchev–Trinajstić information content (AvgIpc) is 3.34. The molecule has 4 rings (SSSR count). The maximum absolute atomic E-state index is 12.9. The molecule has 2 aliphatic rings. The second kappa shape index (κ2) is 8.26. The van der Waals surface area contributed by atoms with Crippen molar-refractivity contribution in [2.75, 3.05) is 32.8 Å². The van der Waals surface area contributed by atoms with Crippen molar-refractivity contribution in [3.8, 4) is 0 Å². The number of likely N-dealkylation sites (tertiary alicyclic amines) is 2. The van der Waals surface area contributed by atoms with Crippen LogP contribution in [0.5, 0.6) is 0 Å². The molecule has 0 aromatic carbocycles. The van der Waals surface area contributed by atoms with Crippen LogP contribution in [0, 0.1) is 5.92 Å². The number of rotatable bonds is 5. The lowest BCUT2D eigenvalue weighted by Crippen LogP contribution is -2.45. The highest BCUT2D eigenvalue weighted by atomic mass is 16.5. The van der Waals surface area contributed by atoms with Crippen LogP contribution < -0.4 is 0 Å². The molecule has 0 spiro atoms. The van der Waals surface area contributed by atoms with E-state index < -0.39 is 0 Å². The van der Waals surface area contributed by atoms with Gasteiger partial charge in [0.05, 0.1) is 25.1 Å². The van der Waals surface area contributed by atoms with E-state index >= 15 is 0 Å². The molecule has 0 saturated carbocycles. The topological polar surface area (TPSA) is 80.0 Å². The van der Waals surface area contributed by atoms with Gasteiger partial charge in [0.1, 0.15) is 0 Å². The number of hydrogen-bond acceptors (Lipinski definition) is 6. The van der Waals surface area contributed by atoms with Crippen LogP contribution in [0.15, 0.2) is 24.4 Å². The van der Waals surface area contributed by atoms with Crippen molar-refractivity contribution in [1.82, 2.24) is 24.4 Å². The van der Waals surface area contributed by atoms with Gasteiger partial charge in [0.2, 0.25) is 5.91 Å². The second-order valence-electron chi connectivity index (χ2n) is 7.52. The molecule has 1 amide bonds. The van der Waals surface area contributed by atoms with Gasteiger partial charge in [-0.3, -0.25) is 18.9 Å². The summed E-state index contributed by atoms with van der Waals surface area (Å²) in [7, 11) is 0. The number of carbonyl (C=O) groups is 2. The van der Waals surface area contributed by atoms with Crippen LogP contribution in [-0.2, 0) is 14.3 Å². The van der Waals surface area contributed by atoms with Gasteiger partial charge in [-0.05, 0) is 51.3 Å². The summed E-state index contributed by atoms with van der Waals surface area (Å²) in [6, 6.07) is 5.97. The Morgan fingerprint density at radius 2 is 1.96 bits per heavy atom. The number of carbonyl (C=O) groups excluding carboxylic acids is 2. The number of ether oxygens (including phenoxy) is 1. The molecular formula is C20H27N5O3. The molecule has 28 heavy (non-hydrogen) atoms. The minimum atomic E-state index is -0.132. The molecule has 2 aromatic rings. The van der Waals surface area contributed by atoms with E-state index in [2.05, 4.69) is 15.1 Å². The van der Waals surface area contributed by atoms with Gasteiger partial charge in [-0.1, -0.05) is 6.07 Å². The van der Waals surface area contributed by atoms with E-state index in [4.69, 9.17) is 4.74 Å². The summed E-state index contributed by atoms with van der Waals surface area (Å²) in [6.45, 7) is 4.74. The van der Waals surface area contributed by atoms with Crippen molar-refractivity contribution < 1.29 is 14.3 Å². The third-order valence-electron chi connectivity index (χ3n) is 5.81. The maximum Gasteiger partial charge on any atom is 0.309 e. The molecule has 2 aromatic heterocycles. The van der Waals surface area contributed by atoms with Gasteiger partial charge in [-0.25, -0.2) is 0 Å². The smallest absolute Gasteiger partial charge is 0.309 e. The average molecular weight is 385 g/mol. The fraction of sp³-hybridized carbons (Fsp3) is 0.600. The van der Waals surface area contributed by atoms with E-state index in [1.165, 1.54) is 0 Å². The first-order valence-corrected chi connectivity index (χ1v) is 10.2. The number of fused-ring (bicyclic) bond motifs is 1. The largest absolute Gasteiger partial charge is 0.466 e. The monoisotopic (exact) mass is 385 g/mol. The summed E-state index contributed by atoms with van der Waals surface area (Å²) in [5.74, 6) is 0.823. The Balaban J connectivity index is 1.37. The molecule has 0 bridgehead atoms. The fourth-order valence-electron chi connectivity index (χ4n) is 4.29. The van der Waals surface area contributed by atoms with Crippen LogP contribution in [0.1, 0.15) is 44.5 Å². The molecule has 4 heterocycles. The molecule has 8 heteroatoms. The third-order valence-corrected chi connectivity index (χ3v) is 5.81. The third kappa shape index (κ3) is 3.73. The van der Waals surface area contributed by atoms with Crippen molar-refractivity contribution in [1.29, 1.82) is 0 Å². The predicted octanol–water partition coefficient (Wildman–Crippen LogP) is 1.67. The van der Waals surface area contributed by atoms with Crippen LogP contribution in [-0.4, -0.2) is 69.1 Å². The number of piperidine rings is 1. The summed E-state index contributed by atoms with van der Waals surface area (Å²) in [4.78, 5) is 28.8. The lowest BCUT2D eigenvalue weighted by atomic mass is 9.97. The van der Waals surface area contributed by atoms with Crippen molar-refractivity contribution >= 4 is 17.5 Å². The Morgan fingerprint density at radius 1 is 1.14 bits per heavy atom. The van der Waals surface area contributed by atoms with Gasteiger partial charge in [0, 0.05) is 19.3 Å². The molecule has 2 saturated heterocycles. The van der Waals surface area contributed by atoms with E-state index in [0.717, 1.165) is 30.9 Å². The van der Waals surface area contributed by atoms with Crippen LogP contribution in [0.2, 0.25) is 0 Å². The Morgan fingerprint density at radius 3 is 2.75 bits per heavy atom. The number of amides is 1. The minimum Gasteiger partial charge on any atom is -0.466 e. The fourth-order valence-corrected chi connectivity index (χ4v) is 4.29. The summed E-state index contributed by atoms with van der Waals surface area (Å²) in [6.07, 6.45) is 5.37. The molecule has 1 atom stereocenters. The van der Waals surface area contributed by atoms with Gasteiger partial charge < -0.3 is 9.64 Å². The van der Waals surface area contributed by atoms with Crippen molar-refractivity contribution in [3.05, 3.63) is 30.2 Å². The first-order valence-electron chi connectivity index (χ1n) is 10.2. The summed E-state index contributed by atoms with van der Waals surface area (Å²) < 4.78 is 7.12. The predicted molar refractivity (Wildman–Crippen MR) is 102 cm³/mol. The van der Waals surface area contributed by atoms with Gasteiger partial charge in [0.25, 0.3) is 0 Å². The molecule has 8 nitrogen and oxygen atoms in total. The quantitative estimate of drug-likeness (QED) is 0.729. The Hall–Kier alpha value is -2.48. The van der Waals surface area contributed by atoms with Gasteiger partial charge >= 0.3 is 5.97 Å². The Labute approximate surface area is 164 Å². The van der Waals surface area contributed by atoms with Gasteiger partial charge in [-0.2, -0.15) is 0 Å². The number of hydrogen-bond donors (Lipinski definition) is 0. The van der Waals surface area contributed by atoms with Crippen LogP contribution >= 0.6 is 0 Å². The summed E-state index contributed by atoms with van der Waals surface area (Å²) >= 11 is 0. The van der Waals surface area contributed by atoms with E-state index in [9.17, 15) is 9.59 Å². The molecule has 2 aliphatic heterocycles. The van der Waals surface area contributed by atoms with E-state index in [1.54, 1.807) is 0 Å². The normalized spacial score (nSPS) is 21.3. The lowest BCUT2D eigenvalue weighted by molar-refractivity contribution is -0.151. The van der Waals surface area contributed by atoms with E-state index in [1.807, 2.05) is 40.6 Å². The zero-order valence-electron chi connectivity index (χ0n) is 16.3. The molecule has 0 unspecified atom stereocenters. The second-order valence-corrected chi connectivity index (χ2v) is 7.52. The van der Waals surface area contributed by atoms with Crippen LogP contribution in [0.25, 0.3) is 5.65 Å². The first-order chi connectivity index (χ1) is 13.7. The highest BCUT2D eigenvalue weighted by Crippen LogP contribution is 2.31. The molecular weight excluding hydrogens is 358 g/mol. The minimum absolute atomic E-state index is 0.0779. The maximum atomic E-state index is 12.9. The zero-order chi connectivity index (χ0) is 19.5. The zero-order valence-corrected chi connectivity index (χ0v) is 16.3. The lowest BCUT2D eigenvalue weighted by Gasteiger charge is -2.33. The Kier molecular flexibility index (Phi) is 5.57. The SMILES string of the molecule is CCOC(=O)C1CCN(C(=O)CN2CCC[C@@H]2c2nnc3ccccn23)CC1. The number of aromatic nitrogens is 3. The van der Waals surface area contributed by atoms with Gasteiger partial charge in [-0.15, -0.1) is 10.2 Å². The number of pyridine rings is 1. The van der Waals surface area contributed by atoms with E-state index in [-0.39, 0.29) is 23.8 Å². The standard InChI is InChI=1S/C20H27N5O3/c1-2-28-20(27)15-8-12-23(13-9-15)18(26)14-24-10-5-6-16(24)19-22-21-17-7-3-4-11-25(17)19/h3-4,7,11,15-16H,2,5-6,8-10,12-14H2,1H3/t16-/m1/s1. The van der Waals surface area contributed by atoms with Crippen LogP contribution in [0.4, 0.5) is 0 Å². The summed E-state index contributed by atoms with van der Waals surface area (Å²) in [5.41, 5.74) is 0.830. The van der Waals surface area contributed by atoms with Crippen molar-refractivity contribution in [3.63, 3.8) is 0 Å². The van der Waals surface area contributed by atoms with Crippen molar-refractivity contribution in [2.45, 2.75) is 38.6 Å².